The van der Waals surface area contributed by atoms with E-state index in [9.17, 15) is 0 Å². The number of nitrogens with two attached hydrogens (primary N) is 1. The molecule has 2 N–H and O–H groups in total. The number of nitrogen functional groups attached to an aromatic ring is 1. The van der Waals surface area contributed by atoms with Gasteiger partial charge >= 0.3 is 0 Å². The van der Waals surface area contributed by atoms with Crippen LogP contribution in [-0.2, 0) is 6.54 Å². The van der Waals surface area contributed by atoms with E-state index in [1.807, 2.05) is 50.4 Å². The summed E-state index contributed by atoms with van der Waals surface area (Å²) in [6.07, 6.45) is 0. The van der Waals surface area contributed by atoms with Crippen LogP contribution in [0.15, 0.2) is 48.5 Å². The first kappa shape index (κ1) is 13.3. The molecule has 0 fully saturated rings. The quantitative estimate of drug-likeness (QED) is 0.834. The van der Waals surface area contributed by atoms with Crippen LogP contribution < -0.4 is 15.4 Å². The van der Waals surface area contributed by atoms with Gasteiger partial charge in [0.25, 0.3) is 0 Å². The van der Waals surface area contributed by atoms with E-state index in [4.69, 9.17) is 10.5 Å². The highest BCUT2D eigenvalue weighted by atomic mass is 16.5. The zero-order chi connectivity index (χ0) is 13.7. The molecular weight excluding hydrogens is 236 g/mol. The molecule has 0 unspecified atom stereocenters. The van der Waals surface area contributed by atoms with Crippen LogP contribution in [0.2, 0.25) is 0 Å². The van der Waals surface area contributed by atoms with Crippen molar-refractivity contribution >= 4 is 11.4 Å². The summed E-state index contributed by atoms with van der Waals surface area (Å²) in [6.45, 7) is 3.40. The third-order valence-electron chi connectivity index (χ3n) is 3.02. The molecule has 0 amide bonds. The molecule has 3 nitrogen and oxygen atoms in total. The Balaban J connectivity index is 2.19. The second-order valence-electron chi connectivity index (χ2n) is 4.46. The number of hydrogen-bond donors (Lipinski definition) is 1. The van der Waals surface area contributed by atoms with Crippen molar-refractivity contribution in [3.05, 3.63) is 54.1 Å². The van der Waals surface area contributed by atoms with Gasteiger partial charge in [-0.2, -0.15) is 0 Å². The zero-order valence-electron chi connectivity index (χ0n) is 11.5. The monoisotopic (exact) mass is 256 g/mol. The molecular formula is C16H20N2O. The fourth-order valence-electron chi connectivity index (χ4n) is 2.09. The number of benzene rings is 2. The summed E-state index contributed by atoms with van der Waals surface area (Å²) in [5.41, 5.74) is 9.11. The summed E-state index contributed by atoms with van der Waals surface area (Å²) in [5, 5.41) is 0. The van der Waals surface area contributed by atoms with Gasteiger partial charge in [0.15, 0.2) is 0 Å². The first-order chi connectivity index (χ1) is 9.22. The van der Waals surface area contributed by atoms with Gasteiger partial charge in [-0.25, -0.2) is 0 Å². The fraction of sp³-hybridized carbons (Fsp3) is 0.250. The highest BCUT2D eigenvalue weighted by molar-refractivity contribution is 5.73. The van der Waals surface area contributed by atoms with Crippen LogP contribution in [0.5, 0.6) is 5.75 Å². The van der Waals surface area contributed by atoms with E-state index in [1.54, 1.807) is 0 Å². The van der Waals surface area contributed by atoms with Crippen LogP contribution in [0.25, 0.3) is 0 Å². The lowest BCUT2D eigenvalue weighted by Gasteiger charge is -2.22. The Morgan fingerprint density at radius 3 is 2.47 bits per heavy atom. The van der Waals surface area contributed by atoms with E-state index in [0.29, 0.717) is 12.3 Å². The Bertz CT molecular complexity index is 526. The maximum atomic E-state index is 6.16. The number of rotatable bonds is 5. The highest BCUT2D eigenvalue weighted by Crippen LogP contribution is 2.32. The van der Waals surface area contributed by atoms with Gasteiger partial charge in [-0.3, -0.25) is 0 Å². The Morgan fingerprint density at radius 2 is 1.79 bits per heavy atom. The van der Waals surface area contributed by atoms with Crippen molar-refractivity contribution in [1.29, 1.82) is 0 Å². The SMILES string of the molecule is CCOc1cccc(N(C)Cc2ccccc2)c1N. The number of nitrogens with zero attached hydrogens (tertiary/aromatic N) is 1. The number of para-hydroxylation sites is 1. The molecule has 19 heavy (non-hydrogen) atoms. The minimum Gasteiger partial charge on any atom is -0.492 e. The van der Waals surface area contributed by atoms with Gasteiger partial charge in [0.1, 0.15) is 5.75 Å². The lowest BCUT2D eigenvalue weighted by molar-refractivity contribution is 0.342. The van der Waals surface area contributed by atoms with Gasteiger partial charge in [0.2, 0.25) is 0 Å². The van der Waals surface area contributed by atoms with Crippen molar-refractivity contribution in [3.63, 3.8) is 0 Å². The number of hydrogen-bond acceptors (Lipinski definition) is 3. The summed E-state index contributed by atoms with van der Waals surface area (Å²) in [7, 11) is 2.04. The van der Waals surface area contributed by atoms with Crippen LogP contribution in [-0.4, -0.2) is 13.7 Å². The van der Waals surface area contributed by atoms with Gasteiger partial charge in [0, 0.05) is 13.6 Å². The van der Waals surface area contributed by atoms with E-state index in [2.05, 4.69) is 17.0 Å². The van der Waals surface area contributed by atoms with Crippen LogP contribution >= 0.6 is 0 Å². The second kappa shape index (κ2) is 6.14. The smallest absolute Gasteiger partial charge is 0.144 e. The van der Waals surface area contributed by atoms with E-state index in [0.717, 1.165) is 18.0 Å². The molecule has 0 saturated carbocycles. The standard InChI is InChI=1S/C16H20N2O/c1-3-19-15-11-7-10-14(16(15)17)18(2)12-13-8-5-4-6-9-13/h4-11H,3,12,17H2,1-2H3. The molecule has 2 aromatic rings. The largest absolute Gasteiger partial charge is 0.492 e. The van der Waals surface area contributed by atoms with Crippen LogP contribution in [0.4, 0.5) is 11.4 Å². The third-order valence-corrected chi connectivity index (χ3v) is 3.02. The van der Waals surface area contributed by atoms with Gasteiger partial charge in [0.05, 0.1) is 18.0 Å². The molecule has 0 atom stereocenters. The molecule has 0 spiro atoms. The highest BCUT2D eigenvalue weighted by Gasteiger charge is 2.10. The topological polar surface area (TPSA) is 38.5 Å². The molecule has 0 heterocycles. The van der Waals surface area contributed by atoms with Gasteiger partial charge in [-0.15, -0.1) is 0 Å². The van der Waals surface area contributed by atoms with Gasteiger partial charge < -0.3 is 15.4 Å². The molecule has 0 aromatic heterocycles. The predicted octanol–water partition coefficient (Wildman–Crippen LogP) is 3.30. The first-order valence-electron chi connectivity index (χ1n) is 6.48. The predicted molar refractivity (Wildman–Crippen MR) is 80.6 cm³/mol. The Morgan fingerprint density at radius 1 is 1.05 bits per heavy atom. The Labute approximate surface area is 114 Å². The molecule has 3 heteroatoms. The minimum atomic E-state index is 0.621. The van der Waals surface area contributed by atoms with Crippen molar-refractivity contribution in [2.45, 2.75) is 13.5 Å². The fourth-order valence-corrected chi connectivity index (χ4v) is 2.09. The molecule has 0 bridgehead atoms. The molecule has 0 aliphatic heterocycles. The van der Waals surface area contributed by atoms with Crippen LogP contribution in [0.1, 0.15) is 12.5 Å². The van der Waals surface area contributed by atoms with E-state index < -0.39 is 0 Å². The molecule has 0 saturated heterocycles. The normalized spacial score (nSPS) is 10.2. The molecule has 2 aromatic carbocycles. The summed E-state index contributed by atoms with van der Waals surface area (Å²) in [6, 6.07) is 16.2. The van der Waals surface area contributed by atoms with E-state index >= 15 is 0 Å². The lowest BCUT2D eigenvalue weighted by Crippen LogP contribution is -2.18. The molecule has 0 aliphatic rings. The zero-order valence-corrected chi connectivity index (χ0v) is 11.5. The summed E-state index contributed by atoms with van der Waals surface area (Å²) in [5.74, 6) is 0.750. The lowest BCUT2D eigenvalue weighted by atomic mass is 10.2. The Kier molecular flexibility index (Phi) is 4.29. The Hall–Kier alpha value is -2.16. The molecule has 100 valence electrons. The first-order valence-corrected chi connectivity index (χ1v) is 6.48. The number of anilines is 2. The van der Waals surface area contributed by atoms with Crippen molar-refractivity contribution in [1.82, 2.24) is 0 Å². The summed E-state index contributed by atoms with van der Waals surface area (Å²) < 4.78 is 5.53. The maximum absolute atomic E-state index is 6.16. The molecule has 2 rings (SSSR count). The number of ether oxygens (including phenoxy) is 1. The summed E-state index contributed by atoms with van der Waals surface area (Å²) in [4.78, 5) is 2.13. The maximum Gasteiger partial charge on any atom is 0.144 e. The van der Waals surface area contributed by atoms with Gasteiger partial charge in [-0.1, -0.05) is 36.4 Å². The van der Waals surface area contributed by atoms with Crippen molar-refractivity contribution in [3.8, 4) is 5.75 Å². The van der Waals surface area contributed by atoms with E-state index in [1.165, 1.54) is 5.56 Å². The average molecular weight is 256 g/mol. The minimum absolute atomic E-state index is 0.621. The average Bonchev–Trinajstić information content (AvgIpc) is 2.42. The van der Waals surface area contributed by atoms with Crippen molar-refractivity contribution < 1.29 is 4.74 Å². The summed E-state index contributed by atoms with van der Waals surface area (Å²) >= 11 is 0. The van der Waals surface area contributed by atoms with Gasteiger partial charge in [-0.05, 0) is 24.6 Å². The second-order valence-corrected chi connectivity index (χ2v) is 4.46. The van der Waals surface area contributed by atoms with Crippen LogP contribution in [0, 0.1) is 0 Å². The van der Waals surface area contributed by atoms with Crippen molar-refractivity contribution in [2.75, 3.05) is 24.3 Å². The molecule has 0 aliphatic carbocycles. The third kappa shape index (κ3) is 3.19. The van der Waals surface area contributed by atoms with Crippen LogP contribution in [0.3, 0.4) is 0 Å². The van der Waals surface area contributed by atoms with E-state index in [-0.39, 0.29) is 0 Å². The van der Waals surface area contributed by atoms with Crippen molar-refractivity contribution in [2.24, 2.45) is 0 Å². The molecule has 0 radical (unpaired) electrons.